The summed E-state index contributed by atoms with van der Waals surface area (Å²) >= 11 is 0. The van der Waals surface area contributed by atoms with Crippen LogP contribution in [0.5, 0.6) is 5.75 Å². The highest BCUT2D eigenvalue weighted by Crippen LogP contribution is 2.44. The molecule has 0 radical (unpaired) electrons. The maximum Gasteiger partial charge on any atom is 0.200 e. The summed E-state index contributed by atoms with van der Waals surface area (Å²) < 4.78 is 40.6. The molecule has 230 valence electrons. The minimum absolute atomic E-state index is 0.0279. The second kappa shape index (κ2) is 17.2. The summed E-state index contributed by atoms with van der Waals surface area (Å²) in [4.78, 5) is 0. The van der Waals surface area contributed by atoms with Crippen molar-refractivity contribution < 1.29 is 18.3 Å². The Bertz CT molecular complexity index is 844. The van der Waals surface area contributed by atoms with Gasteiger partial charge in [-0.05, 0) is 100 Å². The Hall–Kier alpha value is -0.943. The first-order chi connectivity index (χ1) is 19.2. The summed E-state index contributed by atoms with van der Waals surface area (Å²) in [5.41, 5.74) is 0.541. The van der Waals surface area contributed by atoms with E-state index in [0.29, 0.717) is 18.3 Å². The molecule has 3 rings (SSSR count). The van der Waals surface area contributed by atoms with Crippen molar-refractivity contribution in [2.24, 2.45) is 17.8 Å². The van der Waals surface area contributed by atoms with Gasteiger partial charge in [-0.3, -0.25) is 0 Å². The van der Waals surface area contributed by atoms with Crippen LogP contribution in [-0.2, 0) is 4.74 Å². The zero-order valence-corrected chi connectivity index (χ0v) is 27.5. The fraction of sp³-hybridized carbons (Fsp3) is 0.829. The second-order valence-electron chi connectivity index (χ2n) is 14.0. The molecule has 2 aliphatic carbocycles. The zero-order chi connectivity index (χ0) is 29.0. The fourth-order valence-corrected chi connectivity index (χ4v) is 9.94. The summed E-state index contributed by atoms with van der Waals surface area (Å²) in [5.74, 6) is 1.04. The Morgan fingerprint density at radius 3 is 2.08 bits per heavy atom. The molecule has 0 spiro atoms. The molecular formula is C35H60F2O2Si. The lowest BCUT2D eigenvalue weighted by Crippen LogP contribution is -2.28. The highest BCUT2D eigenvalue weighted by atomic mass is 28.3. The Kier molecular flexibility index (Phi) is 14.5. The Balaban J connectivity index is 1.23. The summed E-state index contributed by atoms with van der Waals surface area (Å²) in [6, 6.07) is 6.35. The van der Waals surface area contributed by atoms with Gasteiger partial charge in [0.2, 0.25) is 5.82 Å². The van der Waals surface area contributed by atoms with E-state index in [-0.39, 0.29) is 11.7 Å². The van der Waals surface area contributed by atoms with Gasteiger partial charge in [-0.15, -0.1) is 0 Å². The van der Waals surface area contributed by atoms with Gasteiger partial charge in [0.25, 0.3) is 0 Å². The van der Waals surface area contributed by atoms with Crippen molar-refractivity contribution in [3.63, 3.8) is 0 Å². The minimum atomic E-state index is -0.985. The van der Waals surface area contributed by atoms with E-state index >= 15 is 0 Å². The van der Waals surface area contributed by atoms with Gasteiger partial charge in [-0.1, -0.05) is 83.6 Å². The van der Waals surface area contributed by atoms with Crippen LogP contribution < -0.4 is 4.74 Å². The molecule has 1 unspecified atom stereocenters. The Morgan fingerprint density at radius 2 is 1.43 bits per heavy atom. The smallest absolute Gasteiger partial charge is 0.200 e. The third kappa shape index (κ3) is 10.7. The Labute approximate surface area is 246 Å². The molecule has 1 atom stereocenters. The van der Waals surface area contributed by atoms with Gasteiger partial charge in [0.1, 0.15) is 0 Å². The molecule has 0 aliphatic heterocycles. The third-order valence-electron chi connectivity index (χ3n) is 10.3. The van der Waals surface area contributed by atoms with Gasteiger partial charge in [-0.25, -0.2) is 4.39 Å². The fourth-order valence-electron chi connectivity index (χ4n) is 7.21. The minimum Gasteiger partial charge on any atom is -0.491 e. The van der Waals surface area contributed by atoms with Crippen LogP contribution in [0.25, 0.3) is 0 Å². The molecule has 40 heavy (non-hydrogen) atoms. The van der Waals surface area contributed by atoms with Crippen LogP contribution in [0, 0.1) is 29.4 Å². The number of benzene rings is 1. The monoisotopic (exact) mass is 578 g/mol. The molecule has 0 bridgehead atoms. The average Bonchev–Trinajstić information content (AvgIpc) is 2.96. The first-order valence-electron chi connectivity index (χ1n) is 17.0. The van der Waals surface area contributed by atoms with Crippen LogP contribution >= 0.6 is 0 Å². The number of hydrogen-bond donors (Lipinski definition) is 0. The molecule has 1 aromatic rings. The maximum atomic E-state index is 14.7. The highest BCUT2D eigenvalue weighted by Gasteiger charge is 2.33. The quantitative estimate of drug-likeness (QED) is 0.135. The van der Waals surface area contributed by atoms with E-state index in [2.05, 4.69) is 26.9 Å². The highest BCUT2D eigenvalue weighted by molar-refractivity contribution is 6.77. The van der Waals surface area contributed by atoms with Crippen molar-refractivity contribution in [1.82, 2.24) is 0 Å². The summed E-state index contributed by atoms with van der Waals surface area (Å²) in [6.45, 7) is 13.0. The number of unbranched alkanes of at least 4 members (excludes halogenated alkanes) is 4. The van der Waals surface area contributed by atoms with Crippen LogP contribution in [0.1, 0.15) is 129 Å². The summed E-state index contributed by atoms with van der Waals surface area (Å²) in [6.07, 6.45) is 19.0. The van der Waals surface area contributed by atoms with Crippen molar-refractivity contribution in [3.8, 4) is 5.75 Å². The predicted molar refractivity (Wildman–Crippen MR) is 168 cm³/mol. The number of rotatable bonds is 17. The Morgan fingerprint density at radius 1 is 0.800 bits per heavy atom. The van der Waals surface area contributed by atoms with Gasteiger partial charge < -0.3 is 9.47 Å². The number of ether oxygens (including phenoxy) is 2. The topological polar surface area (TPSA) is 18.5 Å². The van der Waals surface area contributed by atoms with Gasteiger partial charge in [-0.2, -0.15) is 4.39 Å². The molecule has 0 amide bonds. The molecule has 0 aromatic heterocycles. The molecule has 2 aliphatic rings. The maximum absolute atomic E-state index is 14.7. The molecule has 0 N–H and O–H groups in total. The van der Waals surface area contributed by atoms with Crippen LogP contribution in [0.3, 0.4) is 0 Å². The van der Waals surface area contributed by atoms with Crippen molar-refractivity contribution in [3.05, 3.63) is 29.3 Å². The molecule has 2 nitrogen and oxygen atoms in total. The van der Waals surface area contributed by atoms with E-state index < -0.39 is 19.7 Å². The third-order valence-corrected chi connectivity index (χ3v) is 13.7. The molecule has 1 aromatic carbocycles. The average molecular weight is 579 g/mol. The van der Waals surface area contributed by atoms with Crippen LogP contribution in [0.15, 0.2) is 12.1 Å². The van der Waals surface area contributed by atoms with E-state index in [4.69, 9.17) is 9.47 Å². The SMILES string of the molecule is CCOc1ccc(C2CCC(C3CCC(OCCCCCCC[Si](C)(C)CCC(C)CC)CC3)CC2)c(F)c1F. The van der Waals surface area contributed by atoms with Crippen molar-refractivity contribution in [2.75, 3.05) is 13.2 Å². The van der Waals surface area contributed by atoms with Crippen molar-refractivity contribution in [1.29, 1.82) is 0 Å². The largest absolute Gasteiger partial charge is 0.491 e. The second-order valence-corrected chi connectivity index (χ2v) is 19.3. The number of hydrogen-bond acceptors (Lipinski definition) is 2. The van der Waals surface area contributed by atoms with Crippen LogP contribution in [0.2, 0.25) is 25.2 Å². The summed E-state index contributed by atoms with van der Waals surface area (Å²) in [5, 5.41) is 0. The van der Waals surface area contributed by atoms with E-state index in [1.54, 1.807) is 19.1 Å². The number of halogens is 2. The molecule has 2 saturated carbocycles. The van der Waals surface area contributed by atoms with E-state index in [0.717, 1.165) is 50.0 Å². The first kappa shape index (κ1) is 33.6. The van der Waals surface area contributed by atoms with Crippen LogP contribution in [0.4, 0.5) is 8.78 Å². The predicted octanol–water partition coefficient (Wildman–Crippen LogP) is 11.3. The zero-order valence-electron chi connectivity index (χ0n) is 26.5. The van der Waals surface area contributed by atoms with Gasteiger partial charge in [0.05, 0.1) is 12.7 Å². The normalized spacial score (nSPS) is 24.7. The van der Waals surface area contributed by atoms with Crippen molar-refractivity contribution in [2.45, 2.75) is 154 Å². The van der Waals surface area contributed by atoms with E-state index in [9.17, 15) is 8.78 Å². The molecule has 0 heterocycles. The summed E-state index contributed by atoms with van der Waals surface area (Å²) in [7, 11) is -0.985. The van der Waals surface area contributed by atoms with Gasteiger partial charge in [0, 0.05) is 14.7 Å². The molecular weight excluding hydrogens is 518 g/mol. The van der Waals surface area contributed by atoms with E-state index in [1.807, 2.05) is 0 Å². The molecule has 5 heteroatoms. The van der Waals surface area contributed by atoms with Crippen molar-refractivity contribution >= 4 is 8.07 Å². The lowest BCUT2D eigenvalue weighted by molar-refractivity contribution is 0.00621. The van der Waals surface area contributed by atoms with Gasteiger partial charge >= 0.3 is 0 Å². The van der Waals surface area contributed by atoms with E-state index in [1.165, 1.54) is 82.7 Å². The van der Waals surface area contributed by atoms with Crippen LogP contribution in [-0.4, -0.2) is 27.4 Å². The molecule has 0 saturated heterocycles. The lowest BCUT2D eigenvalue weighted by Gasteiger charge is -2.38. The molecule has 2 fully saturated rings. The standard InChI is InChI=1S/C35H60F2O2Si/c1-6-27(3)23-26-40(4,5)25-12-10-8-9-11-24-39-31-19-17-29(18-20-31)28-13-15-30(16-14-28)32-21-22-33(38-7-2)35(37)34(32)36/h21-22,27-31H,6-20,23-26H2,1-5H3. The lowest BCUT2D eigenvalue weighted by atomic mass is 9.69. The first-order valence-corrected chi connectivity index (χ1v) is 20.4. The van der Waals surface area contributed by atoms with Gasteiger partial charge in [0.15, 0.2) is 11.6 Å².